The molecule has 0 aliphatic carbocycles. The van der Waals surface area contributed by atoms with Crippen molar-refractivity contribution in [1.29, 1.82) is 0 Å². The summed E-state index contributed by atoms with van der Waals surface area (Å²) in [5.41, 5.74) is -0.155. The Kier molecular flexibility index (Phi) is 3.92. The van der Waals surface area contributed by atoms with Gasteiger partial charge in [0.25, 0.3) is 0 Å². The van der Waals surface area contributed by atoms with E-state index in [1.165, 1.54) is 16.4 Å². The molecule has 0 saturated heterocycles. The van der Waals surface area contributed by atoms with Gasteiger partial charge in [0.05, 0.1) is 10.6 Å². The predicted octanol–water partition coefficient (Wildman–Crippen LogP) is 2.69. The number of aromatic nitrogens is 5. The molecule has 0 bridgehead atoms. The molecule has 3 aromatic rings. The third kappa shape index (κ3) is 3.00. The Labute approximate surface area is 135 Å². The third-order valence-corrected chi connectivity index (χ3v) is 4.66. The highest BCUT2D eigenvalue weighted by Crippen LogP contribution is 2.26. The van der Waals surface area contributed by atoms with Crippen LogP contribution in [0.2, 0.25) is 0 Å². The van der Waals surface area contributed by atoms with Crippen LogP contribution in [0.4, 0.5) is 0 Å². The van der Waals surface area contributed by atoms with Gasteiger partial charge in [0.2, 0.25) is 16.9 Å². The van der Waals surface area contributed by atoms with Crippen molar-refractivity contribution in [2.45, 2.75) is 37.1 Å². The van der Waals surface area contributed by atoms with Crippen molar-refractivity contribution in [3.63, 3.8) is 0 Å². The third-order valence-electron chi connectivity index (χ3n) is 2.87. The minimum absolute atomic E-state index is 0.155. The molecule has 0 aliphatic heterocycles. The molecule has 3 heterocycles. The fourth-order valence-corrected chi connectivity index (χ4v) is 3.18. The molecule has 0 atom stereocenters. The second-order valence-corrected chi connectivity index (χ2v) is 7.59. The fraction of sp³-hybridized carbons (Fsp3) is 0.385. The molecule has 0 aliphatic rings. The van der Waals surface area contributed by atoms with Crippen molar-refractivity contribution in [2.75, 3.05) is 5.84 Å². The van der Waals surface area contributed by atoms with E-state index in [-0.39, 0.29) is 5.41 Å². The van der Waals surface area contributed by atoms with E-state index in [1.807, 2.05) is 38.3 Å². The molecule has 9 heteroatoms. The Balaban J connectivity index is 1.70. The van der Waals surface area contributed by atoms with Crippen LogP contribution in [0.1, 0.15) is 32.5 Å². The molecule has 0 unspecified atom stereocenters. The van der Waals surface area contributed by atoms with Crippen LogP contribution in [0.25, 0.3) is 10.7 Å². The highest BCUT2D eigenvalue weighted by molar-refractivity contribution is 7.98. The first-order valence-electron chi connectivity index (χ1n) is 6.65. The van der Waals surface area contributed by atoms with Gasteiger partial charge in [-0.25, -0.2) is 4.68 Å². The average Bonchev–Trinajstić information content (AvgIpc) is 3.16. The van der Waals surface area contributed by atoms with Gasteiger partial charge in [0, 0.05) is 5.41 Å². The van der Waals surface area contributed by atoms with Gasteiger partial charge in [0.15, 0.2) is 5.82 Å². The van der Waals surface area contributed by atoms with E-state index in [1.54, 1.807) is 11.3 Å². The van der Waals surface area contributed by atoms with Crippen molar-refractivity contribution in [1.82, 2.24) is 25.0 Å². The van der Waals surface area contributed by atoms with E-state index >= 15 is 0 Å². The van der Waals surface area contributed by atoms with Crippen LogP contribution < -0.4 is 5.84 Å². The first-order chi connectivity index (χ1) is 10.4. The second-order valence-electron chi connectivity index (χ2n) is 5.70. The quantitative estimate of drug-likeness (QED) is 0.578. The number of hydrogen-bond acceptors (Lipinski definition) is 8. The van der Waals surface area contributed by atoms with Gasteiger partial charge in [0.1, 0.15) is 0 Å². The van der Waals surface area contributed by atoms with Crippen LogP contribution in [-0.4, -0.2) is 25.0 Å². The van der Waals surface area contributed by atoms with Crippen LogP contribution in [0.3, 0.4) is 0 Å². The molecule has 3 aromatic heterocycles. The fourth-order valence-electron chi connectivity index (χ4n) is 1.83. The molecule has 0 radical (unpaired) electrons. The predicted molar refractivity (Wildman–Crippen MR) is 86.0 cm³/mol. The Bertz CT molecular complexity index is 756. The number of hydrogen-bond donors (Lipinski definition) is 1. The van der Waals surface area contributed by atoms with Crippen LogP contribution in [-0.2, 0) is 11.2 Å². The van der Waals surface area contributed by atoms with Crippen molar-refractivity contribution < 1.29 is 4.52 Å². The van der Waals surface area contributed by atoms with E-state index in [4.69, 9.17) is 10.4 Å². The summed E-state index contributed by atoms with van der Waals surface area (Å²) >= 11 is 2.99. The Morgan fingerprint density at radius 1 is 1.36 bits per heavy atom. The molecule has 0 fully saturated rings. The highest BCUT2D eigenvalue weighted by atomic mass is 32.2. The first kappa shape index (κ1) is 15.0. The smallest absolute Gasteiger partial charge is 0.237 e. The topological polar surface area (TPSA) is 95.6 Å². The summed E-state index contributed by atoms with van der Waals surface area (Å²) in [6.07, 6.45) is 0. The SMILES string of the molecule is CC(C)(C)c1nnc(SCc2nc(-c3cccs3)no2)n1N. The van der Waals surface area contributed by atoms with Crippen molar-refractivity contribution in [3.05, 3.63) is 29.2 Å². The lowest BCUT2D eigenvalue weighted by Crippen LogP contribution is -2.24. The Hall–Kier alpha value is -1.87. The maximum absolute atomic E-state index is 6.04. The monoisotopic (exact) mass is 336 g/mol. The summed E-state index contributed by atoms with van der Waals surface area (Å²) in [4.78, 5) is 5.35. The number of nitrogens with zero attached hydrogens (tertiary/aromatic N) is 5. The summed E-state index contributed by atoms with van der Waals surface area (Å²) < 4.78 is 6.77. The molecule has 22 heavy (non-hydrogen) atoms. The lowest BCUT2D eigenvalue weighted by atomic mass is 9.96. The molecule has 0 amide bonds. The minimum Gasteiger partial charge on any atom is -0.338 e. The average molecular weight is 336 g/mol. The van der Waals surface area contributed by atoms with Gasteiger partial charge < -0.3 is 10.4 Å². The maximum Gasteiger partial charge on any atom is 0.237 e. The van der Waals surface area contributed by atoms with Crippen LogP contribution in [0, 0.1) is 0 Å². The van der Waals surface area contributed by atoms with E-state index in [2.05, 4.69) is 20.3 Å². The second kappa shape index (κ2) is 5.73. The molecule has 116 valence electrons. The largest absolute Gasteiger partial charge is 0.338 e. The van der Waals surface area contributed by atoms with Crippen molar-refractivity contribution in [2.24, 2.45) is 0 Å². The zero-order valence-corrected chi connectivity index (χ0v) is 14.1. The zero-order chi connectivity index (χ0) is 15.7. The molecule has 2 N–H and O–H groups in total. The molecule has 0 aromatic carbocycles. The molecule has 0 saturated carbocycles. The summed E-state index contributed by atoms with van der Waals surface area (Å²) in [6, 6.07) is 3.91. The van der Waals surface area contributed by atoms with Crippen molar-refractivity contribution in [3.8, 4) is 10.7 Å². The van der Waals surface area contributed by atoms with Gasteiger partial charge in [-0.2, -0.15) is 4.98 Å². The number of thiophene rings is 1. The normalized spacial score (nSPS) is 12.0. The van der Waals surface area contributed by atoms with Gasteiger partial charge >= 0.3 is 0 Å². The highest BCUT2D eigenvalue weighted by Gasteiger charge is 2.23. The molecular weight excluding hydrogens is 320 g/mol. The standard InChI is InChI=1S/C13H16N6OS2/c1-13(2,3)11-16-17-12(19(11)14)22-7-9-15-10(18-20-9)8-5-4-6-21-8/h4-6H,7,14H2,1-3H3. The summed E-state index contributed by atoms with van der Waals surface area (Å²) in [5, 5.41) is 14.8. The number of nitrogens with two attached hydrogens (primary N) is 1. The summed E-state index contributed by atoms with van der Waals surface area (Å²) in [6.45, 7) is 6.13. The van der Waals surface area contributed by atoms with Crippen LogP contribution in [0.5, 0.6) is 0 Å². The molecule has 0 spiro atoms. The van der Waals surface area contributed by atoms with E-state index in [0.717, 1.165) is 10.7 Å². The summed E-state index contributed by atoms with van der Waals surface area (Å²) in [7, 11) is 0. The lowest BCUT2D eigenvalue weighted by Gasteiger charge is -2.16. The maximum atomic E-state index is 6.04. The zero-order valence-electron chi connectivity index (χ0n) is 12.5. The van der Waals surface area contributed by atoms with Gasteiger partial charge in [-0.15, -0.1) is 21.5 Å². The molecular formula is C13H16N6OS2. The minimum atomic E-state index is -0.155. The Morgan fingerprint density at radius 3 is 2.82 bits per heavy atom. The van der Waals surface area contributed by atoms with E-state index < -0.39 is 0 Å². The molecule has 3 rings (SSSR count). The van der Waals surface area contributed by atoms with Crippen LogP contribution >= 0.6 is 23.1 Å². The van der Waals surface area contributed by atoms with Gasteiger partial charge in [-0.05, 0) is 11.4 Å². The van der Waals surface area contributed by atoms with E-state index in [0.29, 0.717) is 22.6 Å². The number of nitrogen functional groups attached to an aromatic ring is 1. The van der Waals surface area contributed by atoms with Crippen molar-refractivity contribution >= 4 is 23.1 Å². The number of thioether (sulfide) groups is 1. The molecule has 7 nitrogen and oxygen atoms in total. The summed E-state index contributed by atoms with van der Waals surface area (Å²) in [5.74, 6) is 8.42. The number of rotatable bonds is 4. The first-order valence-corrected chi connectivity index (χ1v) is 8.52. The lowest BCUT2D eigenvalue weighted by molar-refractivity contribution is 0.391. The van der Waals surface area contributed by atoms with Gasteiger partial charge in [-0.1, -0.05) is 43.8 Å². The van der Waals surface area contributed by atoms with Crippen LogP contribution in [0.15, 0.2) is 27.2 Å². The van der Waals surface area contributed by atoms with E-state index in [9.17, 15) is 0 Å². The van der Waals surface area contributed by atoms with Gasteiger partial charge in [-0.3, -0.25) is 0 Å². The Morgan fingerprint density at radius 2 is 2.18 bits per heavy atom.